The van der Waals surface area contributed by atoms with Gasteiger partial charge in [-0.05, 0) is 36.4 Å². The lowest BCUT2D eigenvalue weighted by atomic mass is 10.2. The van der Waals surface area contributed by atoms with Crippen LogP contribution in [0.4, 0.5) is 10.5 Å². The number of benzene rings is 2. The largest absolute Gasteiger partial charge is 0.337 e. The Hall–Kier alpha value is -2.47. The van der Waals surface area contributed by atoms with Gasteiger partial charge in [0.2, 0.25) is 0 Å². The van der Waals surface area contributed by atoms with E-state index in [1.165, 1.54) is 0 Å². The molecular formula is C18H21N3O2S. The second-order valence-corrected chi connectivity index (χ2v) is 8.04. The van der Waals surface area contributed by atoms with E-state index >= 15 is 0 Å². The lowest BCUT2D eigenvalue weighted by Gasteiger charge is -2.17. The van der Waals surface area contributed by atoms with E-state index in [-0.39, 0.29) is 10.7 Å². The second kappa shape index (κ2) is 7.88. The molecule has 0 spiro atoms. The predicted molar refractivity (Wildman–Crippen MR) is 98.1 cm³/mol. The average molecular weight is 343 g/mol. The molecule has 0 atom stereocenters. The molecule has 0 saturated carbocycles. The molecule has 24 heavy (non-hydrogen) atoms. The summed E-state index contributed by atoms with van der Waals surface area (Å²) < 4.78 is 0.133. The third-order valence-electron chi connectivity index (χ3n) is 2.86. The highest BCUT2D eigenvalue weighted by atomic mass is 32.2. The lowest BCUT2D eigenvalue weighted by Crippen LogP contribution is -2.43. The maximum absolute atomic E-state index is 11.8. The van der Waals surface area contributed by atoms with Gasteiger partial charge < -0.3 is 5.32 Å². The van der Waals surface area contributed by atoms with E-state index < -0.39 is 6.03 Å². The first-order valence-corrected chi connectivity index (χ1v) is 8.37. The van der Waals surface area contributed by atoms with Crippen LogP contribution >= 0.6 is 11.8 Å². The maximum Gasteiger partial charge on any atom is 0.337 e. The third-order valence-corrected chi connectivity index (χ3v) is 3.98. The van der Waals surface area contributed by atoms with Crippen LogP contribution in [0.5, 0.6) is 0 Å². The summed E-state index contributed by atoms with van der Waals surface area (Å²) in [5.74, 6) is -0.373. The number of hydrogen-bond donors (Lipinski definition) is 3. The Morgan fingerprint density at radius 3 is 2.08 bits per heavy atom. The van der Waals surface area contributed by atoms with Crippen molar-refractivity contribution in [2.24, 2.45) is 0 Å². The number of hydrazine groups is 1. The number of amides is 3. The zero-order valence-electron chi connectivity index (χ0n) is 13.9. The predicted octanol–water partition coefficient (Wildman–Crippen LogP) is 4.04. The van der Waals surface area contributed by atoms with Gasteiger partial charge in [0.25, 0.3) is 5.91 Å². The fraction of sp³-hybridized carbons (Fsp3) is 0.222. The standard InChI is InChI=1S/C18H21N3O2S/c1-18(2,3)24-15-11-9-14(10-12-15)19-17(23)21-20-16(22)13-7-5-4-6-8-13/h4-12H,1-3H3,(H,20,22)(H2,19,21,23). The molecule has 0 heterocycles. The first-order valence-electron chi connectivity index (χ1n) is 7.55. The van der Waals surface area contributed by atoms with E-state index in [9.17, 15) is 9.59 Å². The van der Waals surface area contributed by atoms with Crippen LogP contribution in [0, 0.1) is 0 Å². The topological polar surface area (TPSA) is 70.2 Å². The molecule has 0 aromatic heterocycles. The molecule has 126 valence electrons. The van der Waals surface area contributed by atoms with Crippen molar-refractivity contribution in [2.75, 3.05) is 5.32 Å². The van der Waals surface area contributed by atoms with Crippen molar-refractivity contribution < 1.29 is 9.59 Å². The molecule has 0 aliphatic carbocycles. The van der Waals surface area contributed by atoms with Crippen LogP contribution in [0.15, 0.2) is 59.5 Å². The van der Waals surface area contributed by atoms with Gasteiger partial charge in [0.15, 0.2) is 0 Å². The molecule has 6 heteroatoms. The van der Waals surface area contributed by atoms with Gasteiger partial charge in [0.05, 0.1) is 0 Å². The van der Waals surface area contributed by atoms with E-state index in [0.29, 0.717) is 11.3 Å². The van der Waals surface area contributed by atoms with Crippen LogP contribution in [0.2, 0.25) is 0 Å². The van der Waals surface area contributed by atoms with E-state index in [1.807, 2.05) is 30.3 Å². The molecule has 2 aromatic carbocycles. The summed E-state index contributed by atoms with van der Waals surface area (Å²) in [6.07, 6.45) is 0. The molecule has 2 rings (SSSR count). The number of nitrogens with one attached hydrogen (secondary N) is 3. The summed E-state index contributed by atoms with van der Waals surface area (Å²) in [6.45, 7) is 6.44. The van der Waals surface area contributed by atoms with Gasteiger partial charge in [-0.1, -0.05) is 39.0 Å². The zero-order chi connectivity index (χ0) is 17.6. The summed E-state index contributed by atoms with van der Waals surface area (Å²) in [6, 6.07) is 15.7. The van der Waals surface area contributed by atoms with E-state index in [2.05, 4.69) is 36.9 Å². The van der Waals surface area contributed by atoms with Crippen molar-refractivity contribution in [1.82, 2.24) is 10.9 Å². The Morgan fingerprint density at radius 2 is 1.50 bits per heavy atom. The first-order chi connectivity index (χ1) is 11.3. The highest BCUT2D eigenvalue weighted by molar-refractivity contribution is 8.00. The highest BCUT2D eigenvalue weighted by Crippen LogP contribution is 2.32. The van der Waals surface area contributed by atoms with Gasteiger partial charge in [-0.2, -0.15) is 0 Å². The Bertz CT molecular complexity index is 694. The minimum Gasteiger partial charge on any atom is -0.307 e. The number of carbonyl (C=O) groups is 2. The van der Waals surface area contributed by atoms with Gasteiger partial charge in [0.1, 0.15) is 0 Å². The average Bonchev–Trinajstić information content (AvgIpc) is 2.54. The normalized spacial score (nSPS) is 10.8. The lowest BCUT2D eigenvalue weighted by molar-refractivity contribution is 0.0938. The van der Waals surface area contributed by atoms with E-state index in [1.54, 1.807) is 36.0 Å². The first kappa shape index (κ1) is 17.9. The fourth-order valence-electron chi connectivity index (χ4n) is 1.90. The summed E-state index contributed by atoms with van der Waals surface area (Å²) in [4.78, 5) is 24.8. The summed E-state index contributed by atoms with van der Waals surface area (Å²) in [5, 5.41) is 2.66. The molecule has 2 aromatic rings. The van der Waals surface area contributed by atoms with Crippen molar-refractivity contribution in [1.29, 1.82) is 0 Å². The second-order valence-electron chi connectivity index (χ2n) is 6.14. The van der Waals surface area contributed by atoms with Crippen LogP contribution in [0.3, 0.4) is 0 Å². The highest BCUT2D eigenvalue weighted by Gasteiger charge is 2.12. The molecule has 0 fully saturated rings. The minimum absolute atomic E-state index is 0.133. The molecule has 3 amide bonds. The summed E-state index contributed by atoms with van der Waals surface area (Å²) in [7, 11) is 0. The van der Waals surface area contributed by atoms with Crippen molar-refractivity contribution >= 4 is 29.4 Å². The van der Waals surface area contributed by atoms with Gasteiger partial charge in [-0.25, -0.2) is 10.2 Å². The Kier molecular flexibility index (Phi) is 5.87. The molecule has 0 unspecified atom stereocenters. The molecule has 0 saturated heterocycles. The summed E-state index contributed by atoms with van der Waals surface area (Å²) >= 11 is 1.75. The van der Waals surface area contributed by atoms with Gasteiger partial charge in [0, 0.05) is 20.9 Å². The van der Waals surface area contributed by atoms with Crippen molar-refractivity contribution in [3.63, 3.8) is 0 Å². The van der Waals surface area contributed by atoms with Crippen LogP contribution in [-0.2, 0) is 0 Å². The van der Waals surface area contributed by atoms with Crippen molar-refractivity contribution in [3.05, 3.63) is 60.2 Å². The van der Waals surface area contributed by atoms with Gasteiger partial charge in [-0.15, -0.1) is 11.8 Å². The van der Waals surface area contributed by atoms with Crippen molar-refractivity contribution in [3.8, 4) is 0 Å². The van der Waals surface area contributed by atoms with Crippen LogP contribution in [-0.4, -0.2) is 16.7 Å². The molecule has 0 aliphatic heterocycles. The minimum atomic E-state index is -0.504. The number of carbonyl (C=O) groups excluding carboxylic acids is 2. The third kappa shape index (κ3) is 5.96. The Balaban J connectivity index is 1.83. The van der Waals surface area contributed by atoms with Crippen LogP contribution in [0.1, 0.15) is 31.1 Å². The molecule has 0 bridgehead atoms. The molecular weight excluding hydrogens is 322 g/mol. The van der Waals surface area contributed by atoms with Crippen molar-refractivity contribution in [2.45, 2.75) is 30.4 Å². The molecule has 3 N–H and O–H groups in total. The smallest absolute Gasteiger partial charge is 0.307 e. The quantitative estimate of drug-likeness (QED) is 0.582. The number of hydrogen-bond acceptors (Lipinski definition) is 3. The zero-order valence-corrected chi connectivity index (χ0v) is 14.7. The maximum atomic E-state index is 11.8. The molecule has 0 radical (unpaired) electrons. The Morgan fingerprint density at radius 1 is 0.875 bits per heavy atom. The van der Waals surface area contributed by atoms with Crippen LogP contribution in [0.25, 0.3) is 0 Å². The van der Waals surface area contributed by atoms with E-state index in [4.69, 9.17) is 0 Å². The number of rotatable bonds is 3. The molecule has 5 nitrogen and oxygen atoms in total. The number of urea groups is 1. The monoisotopic (exact) mass is 343 g/mol. The molecule has 0 aliphatic rings. The Labute approximate surface area is 146 Å². The van der Waals surface area contributed by atoms with Gasteiger partial charge >= 0.3 is 6.03 Å². The number of anilines is 1. The van der Waals surface area contributed by atoms with E-state index in [0.717, 1.165) is 4.90 Å². The van der Waals surface area contributed by atoms with Gasteiger partial charge in [-0.3, -0.25) is 10.2 Å². The fourth-order valence-corrected chi connectivity index (χ4v) is 2.88. The van der Waals surface area contributed by atoms with Crippen LogP contribution < -0.4 is 16.2 Å². The number of thioether (sulfide) groups is 1. The summed E-state index contributed by atoms with van der Waals surface area (Å²) in [5.41, 5.74) is 5.81. The SMILES string of the molecule is CC(C)(C)Sc1ccc(NC(=O)NNC(=O)c2ccccc2)cc1.